The molecular formula is C22H17BN2O4. The van der Waals surface area contributed by atoms with Crippen LogP contribution in [0.1, 0.15) is 27.0 Å². The lowest BCUT2D eigenvalue weighted by Crippen LogP contribution is -2.28. The van der Waals surface area contributed by atoms with Crippen LogP contribution in [0.2, 0.25) is 0 Å². The molecule has 142 valence electrons. The summed E-state index contributed by atoms with van der Waals surface area (Å²) < 4.78 is 10.9. The lowest BCUT2D eigenvalue weighted by Gasteiger charge is -2.10. The smallest absolute Gasteiger partial charge is 0.489 e. The van der Waals surface area contributed by atoms with Crippen LogP contribution in [0.15, 0.2) is 66.7 Å². The molecule has 3 aromatic carbocycles. The van der Waals surface area contributed by atoms with Crippen LogP contribution in [0.25, 0.3) is 0 Å². The number of nitriles is 1. The number of carbonyl (C=O) groups excluding carboxylic acids is 1. The van der Waals surface area contributed by atoms with Gasteiger partial charge in [-0.2, -0.15) is 5.26 Å². The highest BCUT2D eigenvalue weighted by atomic mass is 16.5. The Bertz CT molecular complexity index is 1090. The number of rotatable bonds is 5. The number of hydrogen-bond acceptors (Lipinski definition) is 5. The van der Waals surface area contributed by atoms with E-state index in [1.165, 1.54) is 0 Å². The average Bonchev–Trinajstić information content (AvgIpc) is 3.13. The number of nitrogens with zero attached hydrogens (tertiary/aromatic N) is 1. The molecule has 0 fully saturated rings. The van der Waals surface area contributed by atoms with Gasteiger partial charge < -0.3 is 19.7 Å². The molecule has 0 aromatic heterocycles. The molecule has 0 atom stereocenters. The van der Waals surface area contributed by atoms with Gasteiger partial charge in [-0.05, 0) is 59.1 Å². The molecule has 0 radical (unpaired) electrons. The minimum Gasteiger partial charge on any atom is -0.489 e. The predicted molar refractivity (Wildman–Crippen MR) is 109 cm³/mol. The van der Waals surface area contributed by atoms with Crippen LogP contribution in [0, 0.1) is 11.3 Å². The van der Waals surface area contributed by atoms with Crippen molar-refractivity contribution in [1.29, 1.82) is 5.26 Å². The zero-order chi connectivity index (χ0) is 20.2. The van der Waals surface area contributed by atoms with Crippen molar-refractivity contribution in [3.05, 3.63) is 89.0 Å². The Labute approximate surface area is 168 Å². The van der Waals surface area contributed by atoms with Gasteiger partial charge in [-0.15, -0.1) is 0 Å². The Hall–Kier alpha value is -3.60. The normalized spacial score (nSPS) is 12.2. The first-order valence-corrected chi connectivity index (χ1v) is 9.08. The lowest BCUT2D eigenvalue weighted by atomic mass is 9.79. The molecular weight excluding hydrogens is 367 g/mol. The van der Waals surface area contributed by atoms with Crippen molar-refractivity contribution in [3.8, 4) is 11.8 Å². The SMILES string of the molecule is N#Cc1ccc(COc2cccc(C(=O)Nc3ccc4c(c3)B(O)OC4)c2)cc1. The zero-order valence-electron chi connectivity index (χ0n) is 15.5. The highest BCUT2D eigenvalue weighted by Gasteiger charge is 2.27. The number of nitrogens with one attached hydrogen (secondary N) is 1. The van der Waals surface area contributed by atoms with Crippen LogP contribution in [0.3, 0.4) is 0 Å². The lowest BCUT2D eigenvalue weighted by molar-refractivity contribution is 0.102. The molecule has 0 saturated heterocycles. The number of benzene rings is 3. The predicted octanol–water partition coefficient (Wildman–Crippen LogP) is 2.61. The second kappa shape index (κ2) is 8.19. The van der Waals surface area contributed by atoms with Crippen molar-refractivity contribution in [2.75, 3.05) is 5.32 Å². The van der Waals surface area contributed by atoms with Gasteiger partial charge in [0.2, 0.25) is 0 Å². The zero-order valence-corrected chi connectivity index (χ0v) is 15.5. The van der Waals surface area contributed by atoms with Gasteiger partial charge >= 0.3 is 7.12 Å². The third kappa shape index (κ3) is 4.30. The molecule has 1 amide bonds. The summed E-state index contributed by atoms with van der Waals surface area (Å²) in [5, 5.41) is 21.5. The number of fused-ring (bicyclic) bond motifs is 1. The van der Waals surface area contributed by atoms with E-state index in [4.69, 9.17) is 14.7 Å². The summed E-state index contributed by atoms with van der Waals surface area (Å²) in [6.07, 6.45) is 0. The maximum atomic E-state index is 12.6. The largest absolute Gasteiger partial charge is 0.491 e. The minimum atomic E-state index is -0.958. The molecule has 3 aromatic rings. The van der Waals surface area contributed by atoms with Crippen LogP contribution >= 0.6 is 0 Å². The van der Waals surface area contributed by atoms with Crippen LogP contribution in [0.5, 0.6) is 5.75 Å². The standard InChI is InChI=1S/C22H17BN2O4/c24-12-15-4-6-16(7-5-15)13-28-20-3-1-2-17(10-20)22(26)25-19-9-8-18-14-29-23(27)21(18)11-19/h1-11,27H,13-14H2,(H,25,26). The monoisotopic (exact) mass is 384 g/mol. The summed E-state index contributed by atoms with van der Waals surface area (Å²) in [5.74, 6) is 0.293. The summed E-state index contributed by atoms with van der Waals surface area (Å²) in [5.41, 5.74) is 4.15. The van der Waals surface area contributed by atoms with Gasteiger partial charge in [0.15, 0.2) is 0 Å². The number of anilines is 1. The summed E-state index contributed by atoms with van der Waals surface area (Å²) in [6.45, 7) is 0.697. The first-order chi connectivity index (χ1) is 14.1. The van der Waals surface area contributed by atoms with Gasteiger partial charge in [0.25, 0.3) is 5.91 Å². The Kier molecular flexibility index (Phi) is 5.30. The van der Waals surface area contributed by atoms with Gasteiger partial charge in [0.1, 0.15) is 12.4 Å². The first kappa shape index (κ1) is 18.8. The van der Waals surface area contributed by atoms with E-state index < -0.39 is 7.12 Å². The molecule has 1 aliphatic rings. The van der Waals surface area contributed by atoms with Gasteiger partial charge in [-0.1, -0.05) is 24.3 Å². The molecule has 6 nitrogen and oxygen atoms in total. The fourth-order valence-corrected chi connectivity index (χ4v) is 3.07. The van der Waals surface area contributed by atoms with Crippen LogP contribution in [-0.4, -0.2) is 18.0 Å². The number of carbonyl (C=O) groups is 1. The topological polar surface area (TPSA) is 91.6 Å². The second-order valence-corrected chi connectivity index (χ2v) is 6.66. The maximum Gasteiger partial charge on any atom is 0.491 e. The highest BCUT2D eigenvalue weighted by Crippen LogP contribution is 2.18. The van der Waals surface area contributed by atoms with E-state index in [0.29, 0.717) is 41.2 Å². The molecule has 29 heavy (non-hydrogen) atoms. The molecule has 7 heteroatoms. The van der Waals surface area contributed by atoms with E-state index in [0.717, 1.165) is 11.1 Å². The van der Waals surface area contributed by atoms with E-state index in [1.807, 2.05) is 18.2 Å². The van der Waals surface area contributed by atoms with Gasteiger partial charge in [0.05, 0.1) is 18.2 Å². The maximum absolute atomic E-state index is 12.6. The van der Waals surface area contributed by atoms with Crippen molar-refractivity contribution >= 4 is 24.2 Å². The third-order valence-electron chi connectivity index (χ3n) is 4.65. The molecule has 1 aliphatic heterocycles. The van der Waals surface area contributed by atoms with Crippen molar-refractivity contribution in [3.63, 3.8) is 0 Å². The second-order valence-electron chi connectivity index (χ2n) is 6.66. The van der Waals surface area contributed by atoms with Crippen molar-refractivity contribution < 1.29 is 19.2 Å². The fourth-order valence-electron chi connectivity index (χ4n) is 3.07. The fraction of sp³-hybridized carbons (Fsp3) is 0.0909. The van der Waals surface area contributed by atoms with E-state index in [2.05, 4.69) is 11.4 Å². The van der Waals surface area contributed by atoms with Crippen LogP contribution in [0.4, 0.5) is 5.69 Å². The van der Waals surface area contributed by atoms with E-state index >= 15 is 0 Å². The Balaban J connectivity index is 1.42. The van der Waals surface area contributed by atoms with Crippen molar-refractivity contribution in [2.24, 2.45) is 0 Å². The quantitative estimate of drug-likeness (QED) is 0.660. The summed E-state index contributed by atoms with van der Waals surface area (Å²) in [6, 6.07) is 21.5. The van der Waals surface area contributed by atoms with E-state index in [9.17, 15) is 9.82 Å². The Morgan fingerprint density at radius 2 is 2.00 bits per heavy atom. The van der Waals surface area contributed by atoms with Gasteiger partial charge in [0, 0.05) is 11.3 Å². The molecule has 2 N–H and O–H groups in total. The highest BCUT2D eigenvalue weighted by molar-refractivity contribution is 6.61. The van der Waals surface area contributed by atoms with Gasteiger partial charge in [-0.3, -0.25) is 4.79 Å². The molecule has 0 spiro atoms. The molecule has 0 saturated carbocycles. The average molecular weight is 384 g/mol. The summed E-state index contributed by atoms with van der Waals surface area (Å²) in [4.78, 5) is 12.6. The molecule has 0 bridgehead atoms. The van der Waals surface area contributed by atoms with Crippen LogP contribution in [-0.2, 0) is 17.9 Å². The van der Waals surface area contributed by atoms with Crippen molar-refractivity contribution in [1.82, 2.24) is 0 Å². The third-order valence-corrected chi connectivity index (χ3v) is 4.65. The van der Waals surface area contributed by atoms with E-state index in [1.54, 1.807) is 48.5 Å². The first-order valence-electron chi connectivity index (χ1n) is 9.08. The molecule has 4 rings (SSSR count). The number of amides is 1. The number of hydrogen-bond donors (Lipinski definition) is 2. The minimum absolute atomic E-state index is 0.276. The van der Waals surface area contributed by atoms with Crippen LogP contribution < -0.4 is 15.5 Å². The van der Waals surface area contributed by atoms with E-state index in [-0.39, 0.29) is 5.91 Å². The molecule has 0 aliphatic carbocycles. The van der Waals surface area contributed by atoms with Gasteiger partial charge in [-0.25, -0.2) is 0 Å². The Morgan fingerprint density at radius 3 is 2.79 bits per heavy atom. The summed E-state index contributed by atoms with van der Waals surface area (Å²) >= 11 is 0. The summed E-state index contributed by atoms with van der Waals surface area (Å²) in [7, 11) is -0.958. The van der Waals surface area contributed by atoms with Crippen molar-refractivity contribution in [2.45, 2.75) is 13.2 Å². The number of ether oxygens (including phenoxy) is 1. The molecule has 1 heterocycles. The molecule has 0 unspecified atom stereocenters. The Morgan fingerprint density at radius 1 is 1.17 bits per heavy atom.